The van der Waals surface area contributed by atoms with Gasteiger partial charge in [0.25, 0.3) is 0 Å². The summed E-state index contributed by atoms with van der Waals surface area (Å²) in [6, 6.07) is 22.8. The van der Waals surface area contributed by atoms with E-state index in [1.165, 1.54) is 16.3 Å². The molecule has 1 heterocycles. The quantitative estimate of drug-likeness (QED) is 0.682. The summed E-state index contributed by atoms with van der Waals surface area (Å²) < 4.78 is 5.30. The topological polar surface area (TPSA) is 32.8 Å². The second-order valence-electron chi connectivity index (χ2n) is 7.37. The first kappa shape index (κ1) is 18.5. The minimum Gasteiger partial charge on any atom is -0.497 e. The van der Waals surface area contributed by atoms with Crippen LogP contribution >= 0.6 is 0 Å². The van der Waals surface area contributed by atoms with E-state index in [-0.39, 0.29) is 5.91 Å². The summed E-state index contributed by atoms with van der Waals surface area (Å²) in [5.41, 5.74) is 2.39. The van der Waals surface area contributed by atoms with Crippen molar-refractivity contribution < 1.29 is 9.53 Å². The van der Waals surface area contributed by atoms with E-state index in [1.807, 2.05) is 41.3 Å². The molecule has 4 heteroatoms. The molecule has 0 aromatic heterocycles. The molecule has 3 aromatic carbocycles. The van der Waals surface area contributed by atoms with E-state index in [2.05, 4.69) is 35.2 Å². The van der Waals surface area contributed by atoms with Gasteiger partial charge in [0.1, 0.15) is 5.75 Å². The van der Waals surface area contributed by atoms with Crippen molar-refractivity contribution in [1.29, 1.82) is 0 Å². The highest BCUT2D eigenvalue weighted by molar-refractivity contribution is 5.84. The Morgan fingerprint density at radius 3 is 2.32 bits per heavy atom. The average Bonchev–Trinajstić information content (AvgIpc) is 2.74. The van der Waals surface area contributed by atoms with E-state index in [9.17, 15) is 4.79 Å². The lowest BCUT2D eigenvalue weighted by atomic mass is 10.1. The standard InChI is InChI=1S/C24H26N2O2/c1-28-23-10-9-21-15-20(7-8-22(21)17-23)18-25-11-13-26(14-12-25)24(27)16-19-5-3-2-4-6-19/h2-10,15,17H,11-14,16,18H2,1H3. The van der Waals surface area contributed by atoms with Gasteiger partial charge in [-0.2, -0.15) is 0 Å². The molecule has 1 aliphatic rings. The maximum Gasteiger partial charge on any atom is 0.227 e. The summed E-state index contributed by atoms with van der Waals surface area (Å²) in [4.78, 5) is 17.0. The Kier molecular flexibility index (Phi) is 5.58. The maximum absolute atomic E-state index is 12.5. The Morgan fingerprint density at radius 2 is 1.57 bits per heavy atom. The molecule has 0 aliphatic carbocycles. The minimum absolute atomic E-state index is 0.227. The zero-order valence-corrected chi connectivity index (χ0v) is 16.3. The highest BCUT2D eigenvalue weighted by Gasteiger charge is 2.21. The number of methoxy groups -OCH3 is 1. The van der Waals surface area contributed by atoms with E-state index in [1.54, 1.807) is 7.11 Å². The first-order valence-corrected chi connectivity index (χ1v) is 9.82. The molecule has 1 aliphatic heterocycles. The van der Waals surface area contributed by atoms with Crippen molar-refractivity contribution >= 4 is 16.7 Å². The minimum atomic E-state index is 0.227. The van der Waals surface area contributed by atoms with Crippen LogP contribution in [0.4, 0.5) is 0 Å². The molecule has 0 N–H and O–H groups in total. The van der Waals surface area contributed by atoms with Crippen LogP contribution in [0.5, 0.6) is 5.75 Å². The number of nitrogens with zero attached hydrogens (tertiary/aromatic N) is 2. The number of fused-ring (bicyclic) bond motifs is 1. The Morgan fingerprint density at radius 1 is 0.857 bits per heavy atom. The number of ether oxygens (including phenoxy) is 1. The van der Waals surface area contributed by atoms with E-state index >= 15 is 0 Å². The third-order valence-corrected chi connectivity index (χ3v) is 5.44. The summed E-state index contributed by atoms with van der Waals surface area (Å²) in [6.07, 6.45) is 0.495. The second kappa shape index (κ2) is 8.44. The van der Waals surface area contributed by atoms with Crippen LogP contribution in [0.3, 0.4) is 0 Å². The van der Waals surface area contributed by atoms with Gasteiger partial charge < -0.3 is 9.64 Å². The summed E-state index contributed by atoms with van der Waals surface area (Å²) >= 11 is 0. The smallest absolute Gasteiger partial charge is 0.227 e. The highest BCUT2D eigenvalue weighted by atomic mass is 16.5. The zero-order valence-electron chi connectivity index (χ0n) is 16.3. The van der Waals surface area contributed by atoms with Gasteiger partial charge >= 0.3 is 0 Å². The average molecular weight is 374 g/mol. The molecule has 0 unspecified atom stereocenters. The number of carbonyl (C=O) groups excluding carboxylic acids is 1. The lowest BCUT2D eigenvalue weighted by Gasteiger charge is -2.35. The monoisotopic (exact) mass is 374 g/mol. The molecule has 0 spiro atoms. The third-order valence-electron chi connectivity index (χ3n) is 5.44. The van der Waals surface area contributed by atoms with Gasteiger partial charge in [0.15, 0.2) is 0 Å². The van der Waals surface area contributed by atoms with Crippen LogP contribution in [-0.2, 0) is 17.8 Å². The van der Waals surface area contributed by atoms with Crippen LogP contribution < -0.4 is 4.74 Å². The molecule has 0 saturated carbocycles. The van der Waals surface area contributed by atoms with Gasteiger partial charge in [0.05, 0.1) is 13.5 Å². The number of hydrogen-bond acceptors (Lipinski definition) is 3. The van der Waals surface area contributed by atoms with E-state index < -0.39 is 0 Å². The van der Waals surface area contributed by atoms with Crippen LogP contribution in [-0.4, -0.2) is 49.0 Å². The zero-order chi connectivity index (χ0) is 19.3. The molecule has 0 bridgehead atoms. The fourth-order valence-electron chi connectivity index (χ4n) is 3.79. The van der Waals surface area contributed by atoms with E-state index in [0.29, 0.717) is 6.42 Å². The first-order chi connectivity index (χ1) is 13.7. The molecule has 1 amide bonds. The largest absolute Gasteiger partial charge is 0.497 e. The summed E-state index contributed by atoms with van der Waals surface area (Å²) in [5, 5.41) is 2.43. The molecule has 4 rings (SSSR count). The van der Waals surface area contributed by atoms with Crippen molar-refractivity contribution in [2.45, 2.75) is 13.0 Å². The summed E-state index contributed by atoms with van der Waals surface area (Å²) in [5.74, 6) is 1.11. The number of rotatable bonds is 5. The molecule has 1 fully saturated rings. The van der Waals surface area contributed by atoms with Crippen molar-refractivity contribution in [2.75, 3.05) is 33.3 Å². The molecule has 0 atom stereocenters. The van der Waals surface area contributed by atoms with Gasteiger partial charge in [-0.3, -0.25) is 9.69 Å². The molecule has 1 saturated heterocycles. The molecule has 28 heavy (non-hydrogen) atoms. The Bertz CT molecular complexity index is 947. The van der Waals surface area contributed by atoms with Crippen LogP contribution in [0.25, 0.3) is 10.8 Å². The van der Waals surface area contributed by atoms with Crippen LogP contribution in [0.15, 0.2) is 66.7 Å². The predicted octanol–water partition coefficient (Wildman–Crippen LogP) is 3.74. The summed E-state index contributed by atoms with van der Waals surface area (Å²) in [7, 11) is 1.69. The van der Waals surface area contributed by atoms with Gasteiger partial charge in [-0.25, -0.2) is 0 Å². The van der Waals surface area contributed by atoms with Gasteiger partial charge in [0.2, 0.25) is 5.91 Å². The molecular formula is C24H26N2O2. The maximum atomic E-state index is 12.5. The predicted molar refractivity (Wildman–Crippen MR) is 113 cm³/mol. The number of carbonyl (C=O) groups is 1. The van der Waals surface area contributed by atoms with E-state index in [4.69, 9.17) is 4.74 Å². The Hall–Kier alpha value is -2.85. The van der Waals surface area contributed by atoms with Gasteiger partial charge in [0, 0.05) is 32.7 Å². The molecule has 4 nitrogen and oxygen atoms in total. The normalized spacial score (nSPS) is 15.0. The van der Waals surface area contributed by atoms with Crippen LogP contribution in [0.2, 0.25) is 0 Å². The second-order valence-corrected chi connectivity index (χ2v) is 7.37. The third kappa shape index (κ3) is 4.34. The summed E-state index contributed by atoms with van der Waals surface area (Å²) in [6.45, 7) is 4.36. The van der Waals surface area contributed by atoms with E-state index in [0.717, 1.165) is 44.0 Å². The molecule has 0 radical (unpaired) electrons. The Balaban J connectivity index is 1.33. The van der Waals surface area contributed by atoms with Crippen LogP contribution in [0.1, 0.15) is 11.1 Å². The molecule has 3 aromatic rings. The molecule has 144 valence electrons. The van der Waals surface area contributed by atoms with Gasteiger partial charge in [-0.05, 0) is 40.1 Å². The lowest BCUT2D eigenvalue weighted by Crippen LogP contribution is -2.48. The fraction of sp³-hybridized carbons (Fsp3) is 0.292. The SMILES string of the molecule is COc1ccc2cc(CN3CCN(C(=O)Cc4ccccc4)CC3)ccc2c1. The van der Waals surface area contributed by atoms with Crippen molar-refractivity contribution in [3.8, 4) is 5.75 Å². The molecular weight excluding hydrogens is 348 g/mol. The van der Waals surface area contributed by atoms with Crippen molar-refractivity contribution in [3.63, 3.8) is 0 Å². The van der Waals surface area contributed by atoms with Gasteiger partial charge in [-0.1, -0.05) is 48.5 Å². The highest BCUT2D eigenvalue weighted by Crippen LogP contribution is 2.22. The van der Waals surface area contributed by atoms with Crippen molar-refractivity contribution in [2.24, 2.45) is 0 Å². The number of benzene rings is 3. The number of amides is 1. The number of hydrogen-bond donors (Lipinski definition) is 0. The van der Waals surface area contributed by atoms with Gasteiger partial charge in [-0.15, -0.1) is 0 Å². The fourth-order valence-corrected chi connectivity index (χ4v) is 3.79. The lowest BCUT2D eigenvalue weighted by molar-refractivity contribution is -0.132. The van der Waals surface area contributed by atoms with Crippen molar-refractivity contribution in [1.82, 2.24) is 9.80 Å². The number of piperazine rings is 1. The van der Waals surface area contributed by atoms with Crippen LogP contribution in [0, 0.1) is 0 Å². The first-order valence-electron chi connectivity index (χ1n) is 9.82. The Labute approximate surface area is 166 Å². The van der Waals surface area contributed by atoms with Crippen molar-refractivity contribution in [3.05, 3.63) is 77.9 Å².